The Morgan fingerprint density at radius 1 is 1.31 bits per heavy atom. The van der Waals surface area contributed by atoms with Gasteiger partial charge in [0.15, 0.2) is 0 Å². The molecule has 0 radical (unpaired) electrons. The van der Waals surface area contributed by atoms with Crippen molar-refractivity contribution in [1.82, 2.24) is 0 Å². The molecule has 1 aromatic rings. The van der Waals surface area contributed by atoms with Crippen LogP contribution in [0.25, 0.3) is 0 Å². The molecule has 0 saturated heterocycles. The first-order valence-corrected chi connectivity index (χ1v) is 4.40. The number of hydrogen-bond donors (Lipinski definition) is 0. The van der Waals surface area contributed by atoms with E-state index in [2.05, 4.69) is 15.9 Å². The minimum absolute atomic E-state index is 0.219. The molecule has 70 valence electrons. The maximum absolute atomic E-state index is 11.1. The van der Waals surface area contributed by atoms with E-state index >= 15 is 0 Å². The Hall–Kier alpha value is -1.03. The van der Waals surface area contributed by atoms with Crippen molar-refractivity contribution >= 4 is 20.6 Å². The minimum Gasteiger partial charge on any atom is -0.497 e. The van der Waals surface area contributed by atoms with E-state index in [1.54, 1.807) is 25.3 Å². The van der Waals surface area contributed by atoms with Gasteiger partial charge in [0.1, 0.15) is 11.5 Å². The SMILES string of the molecule is COc1ccc(OC)c(C(=O)Br)c1. The van der Waals surface area contributed by atoms with Crippen molar-refractivity contribution in [3.63, 3.8) is 0 Å². The summed E-state index contributed by atoms with van der Waals surface area (Å²) >= 11 is 2.86. The number of ether oxygens (including phenoxy) is 2. The first-order chi connectivity index (χ1) is 6.19. The Balaban J connectivity index is 3.18. The molecule has 0 aliphatic rings. The van der Waals surface area contributed by atoms with E-state index in [-0.39, 0.29) is 4.69 Å². The molecule has 0 unspecified atom stereocenters. The number of carbonyl (C=O) groups excluding carboxylic acids is 1. The predicted octanol–water partition coefficient (Wildman–Crippen LogP) is 2.24. The highest BCUT2D eigenvalue weighted by Crippen LogP contribution is 2.25. The lowest BCUT2D eigenvalue weighted by Gasteiger charge is -2.06. The molecule has 4 heteroatoms. The third kappa shape index (κ3) is 2.21. The van der Waals surface area contributed by atoms with Crippen molar-refractivity contribution in [2.24, 2.45) is 0 Å². The summed E-state index contributed by atoms with van der Waals surface area (Å²) in [6.45, 7) is 0. The lowest BCUT2D eigenvalue weighted by molar-refractivity contribution is 0.109. The van der Waals surface area contributed by atoms with Gasteiger partial charge in [-0.15, -0.1) is 0 Å². The average Bonchev–Trinajstić information content (AvgIpc) is 2.16. The molecule has 0 spiro atoms. The van der Waals surface area contributed by atoms with Crippen LogP contribution in [0.2, 0.25) is 0 Å². The average molecular weight is 245 g/mol. The standard InChI is InChI=1S/C9H9BrO3/c1-12-6-3-4-8(13-2)7(5-6)9(10)11/h3-5H,1-2H3. The fourth-order valence-electron chi connectivity index (χ4n) is 0.968. The first kappa shape index (κ1) is 10.1. The molecule has 0 aliphatic carbocycles. The Morgan fingerprint density at radius 2 is 2.00 bits per heavy atom. The maximum atomic E-state index is 11.1. The zero-order chi connectivity index (χ0) is 9.84. The van der Waals surface area contributed by atoms with Crippen LogP contribution in [0.4, 0.5) is 0 Å². The Kier molecular flexibility index (Phi) is 3.31. The second kappa shape index (κ2) is 4.28. The highest BCUT2D eigenvalue weighted by atomic mass is 79.9. The van der Waals surface area contributed by atoms with E-state index in [1.807, 2.05) is 0 Å². The van der Waals surface area contributed by atoms with Crippen LogP contribution in [0.1, 0.15) is 10.4 Å². The maximum Gasteiger partial charge on any atom is 0.231 e. The van der Waals surface area contributed by atoms with Crippen LogP contribution in [0.5, 0.6) is 11.5 Å². The van der Waals surface area contributed by atoms with Crippen molar-refractivity contribution in [3.05, 3.63) is 23.8 Å². The van der Waals surface area contributed by atoms with Crippen LogP contribution in [-0.4, -0.2) is 18.9 Å². The molecule has 13 heavy (non-hydrogen) atoms. The molecule has 0 amide bonds. The predicted molar refractivity (Wildman–Crippen MR) is 52.8 cm³/mol. The minimum atomic E-state index is -0.219. The van der Waals surface area contributed by atoms with Gasteiger partial charge in [-0.2, -0.15) is 0 Å². The van der Waals surface area contributed by atoms with Gasteiger partial charge in [-0.25, -0.2) is 0 Å². The number of benzene rings is 1. The molecule has 0 fully saturated rings. The molecule has 0 N–H and O–H groups in total. The van der Waals surface area contributed by atoms with Gasteiger partial charge in [0.05, 0.1) is 19.8 Å². The third-order valence-corrected chi connectivity index (χ3v) is 2.05. The lowest BCUT2D eigenvalue weighted by atomic mass is 10.2. The molecule has 0 saturated carbocycles. The van der Waals surface area contributed by atoms with E-state index in [1.165, 1.54) is 7.11 Å². The van der Waals surface area contributed by atoms with E-state index in [0.29, 0.717) is 17.1 Å². The van der Waals surface area contributed by atoms with Crippen molar-refractivity contribution < 1.29 is 14.3 Å². The van der Waals surface area contributed by atoms with E-state index < -0.39 is 0 Å². The third-order valence-electron chi connectivity index (χ3n) is 1.62. The fourth-order valence-corrected chi connectivity index (χ4v) is 1.28. The molecular formula is C9H9BrO3. The summed E-state index contributed by atoms with van der Waals surface area (Å²) in [4.78, 5) is 11.1. The fraction of sp³-hybridized carbons (Fsp3) is 0.222. The molecule has 0 aliphatic heterocycles. The smallest absolute Gasteiger partial charge is 0.231 e. The van der Waals surface area contributed by atoms with Crippen molar-refractivity contribution in [3.8, 4) is 11.5 Å². The van der Waals surface area contributed by atoms with Crippen molar-refractivity contribution in [1.29, 1.82) is 0 Å². The van der Waals surface area contributed by atoms with Crippen LogP contribution < -0.4 is 9.47 Å². The Labute approximate surface area is 84.8 Å². The van der Waals surface area contributed by atoms with Gasteiger partial charge < -0.3 is 9.47 Å². The van der Waals surface area contributed by atoms with Crippen LogP contribution in [-0.2, 0) is 0 Å². The number of rotatable bonds is 3. The normalized spacial score (nSPS) is 9.46. The van der Waals surface area contributed by atoms with E-state index in [4.69, 9.17) is 9.47 Å². The van der Waals surface area contributed by atoms with Gasteiger partial charge in [0.2, 0.25) is 4.69 Å². The zero-order valence-corrected chi connectivity index (χ0v) is 8.92. The second-order valence-corrected chi connectivity index (χ2v) is 3.06. The summed E-state index contributed by atoms with van der Waals surface area (Å²) in [5.41, 5.74) is 0.460. The Morgan fingerprint density at radius 3 is 2.46 bits per heavy atom. The Bertz CT molecular complexity index is 323. The van der Waals surface area contributed by atoms with Gasteiger partial charge in [0.25, 0.3) is 0 Å². The van der Waals surface area contributed by atoms with Crippen LogP contribution in [0.15, 0.2) is 18.2 Å². The lowest BCUT2D eigenvalue weighted by Crippen LogP contribution is -1.95. The summed E-state index contributed by atoms with van der Waals surface area (Å²) in [6, 6.07) is 5.04. The summed E-state index contributed by atoms with van der Waals surface area (Å²) in [5, 5.41) is 0. The molecule has 0 atom stereocenters. The van der Waals surface area contributed by atoms with Gasteiger partial charge in [-0.3, -0.25) is 4.79 Å². The largest absolute Gasteiger partial charge is 0.497 e. The van der Waals surface area contributed by atoms with Crippen molar-refractivity contribution in [2.75, 3.05) is 14.2 Å². The van der Waals surface area contributed by atoms with E-state index in [0.717, 1.165) is 0 Å². The number of methoxy groups -OCH3 is 2. The van der Waals surface area contributed by atoms with E-state index in [9.17, 15) is 4.79 Å². The van der Waals surface area contributed by atoms with Gasteiger partial charge >= 0.3 is 0 Å². The number of hydrogen-bond acceptors (Lipinski definition) is 3. The molecular weight excluding hydrogens is 236 g/mol. The highest BCUT2D eigenvalue weighted by molar-refractivity contribution is 9.18. The summed E-state index contributed by atoms with van der Waals surface area (Å²) in [6.07, 6.45) is 0. The zero-order valence-electron chi connectivity index (χ0n) is 7.33. The summed E-state index contributed by atoms with van der Waals surface area (Å²) in [5.74, 6) is 1.16. The number of halogens is 1. The first-order valence-electron chi connectivity index (χ1n) is 3.61. The number of carbonyl (C=O) groups is 1. The second-order valence-electron chi connectivity index (χ2n) is 2.34. The highest BCUT2D eigenvalue weighted by Gasteiger charge is 2.09. The van der Waals surface area contributed by atoms with Gasteiger partial charge in [0, 0.05) is 0 Å². The van der Waals surface area contributed by atoms with Crippen LogP contribution in [0.3, 0.4) is 0 Å². The molecule has 0 heterocycles. The molecule has 1 aromatic carbocycles. The van der Waals surface area contributed by atoms with Crippen molar-refractivity contribution in [2.45, 2.75) is 0 Å². The van der Waals surface area contributed by atoms with Crippen LogP contribution in [0, 0.1) is 0 Å². The molecule has 0 bridgehead atoms. The van der Waals surface area contributed by atoms with Gasteiger partial charge in [-0.1, -0.05) is 0 Å². The molecule has 1 rings (SSSR count). The van der Waals surface area contributed by atoms with Gasteiger partial charge in [-0.05, 0) is 34.1 Å². The monoisotopic (exact) mass is 244 g/mol. The molecule has 0 aromatic heterocycles. The van der Waals surface area contributed by atoms with Crippen LogP contribution >= 0.6 is 15.9 Å². The quantitative estimate of drug-likeness (QED) is 0.766. The summed E-state index contributed by atoms with van der Waals surface area (Å²) in [7, 11) is 3.06. The molecule has 3 nitrogen and oxygen atoms in total. The topological polar surface area (TPSA) is 35.5 Å². The summed E-state index contributed by atoms with van der Waals surface area (Å²) < 4.78 is 9.76.